The first kappa shape index (κ1) is 23.8. The fraction of sp³-hybridized carbons (Fsp3) is 0.152. The van der Waals surface area contributed by atoms with Crippen molar-refractivity contribution in [2.75, 3.05) is 0 Å². The van der Waals surface area contributed by atoms with E-state index in [1.165, 1.54) is 40.2 Å². The zero-order chi connectivity index (χ0) is 26.7. The lowest BCUT2D eigenvalue weighted by molar-refractivity contribution is 0.585. The maximum atomic E-state index is 14.0. The van der Waals surface area contributed by atoms with Crippen LogP contribution in [0.4, 0.5) is 4.39 Å². The largest absolute Gasteiger partial charge is 0.318 e. The molecular weight excluding hydrogens is 505 g/mol. The Balaban J connectivity index is 1.43. The predicted molar refractivity (Wildman–Crippen MR) is 154 cm³/mol. The highest BCUT2D eigenvalue weighted by molar-refractivity contribution is 7.07. The lowest BCUT2D eigenvalue weighted by Crippen LogP contribution is -2.38. The molecule has 6 heteroatoms. The number of allylic oxidation sites excluding steroid dienone is 1. The molecule has 2 aliphatic rings. The molecule has 0 saturated carbocycles. The van der Waals surface area contributed by atoms with Crippen LogP contribution in [-0.4, -0.2) is 9.13 Å². The molecule has 0 bridgehead atoms. The Morgan fingerprint density at radius 2 is 1.69 bits per heavy atom. The molecule has 0 fully saturated rings. The lowest BCUT2D eigenvalue weighted by Gasteiger charge is -2.30. The van der Waals surface area contributed by atoms with Gasteiger partial charge in [-0.15, -0.1) is 0 Å². The Bertz CT molecular complexity index is 1960. The Morgan fingerprint density at radius 1 is 0.949 bits per heavy atom. The molecule has 1 aliphatic carbocycles. The smallest absolute Gasteiger partial charge is 0.271 e. The second-order valence-electron chi connectivity index (χ2n) is 10.2. The minimum Gasteiger partial charge on any atom is -0.318 e. The van der Waals surface area contributed by atoms with Gasteiger partial charge in [-0.25, -0.2) is 9.38 Å². The molecule has 1 atom stereocenters. The summed E-state index contributed by atoms with van der Waals surface area (Å²) >= 11 is 1.44. The van der Waals surface area contributed by atoms with Crippen molar-refractivity contribution >= 4 is 23.1 Å². The summed E-state index contributed by atoms with van der Waals surface area (Å²) in [5.74, 6) is -0.263. The summed E-state index contributed by atoms with van der Waals surface area (Å²) in [5.41, 5.74) is 9.63. The zero-order valence-electron chi connectivity index (χ0n) is 21.7. The van der Waals surface area contributed by atoms with Gasteiger partial charge in [-0.1, -0.05) is 65.9 Å². The van der Waals surface area contributed by atoms with Gasteiger partial charge >= 0.3 is 0 Å². The van der Waals surface area contributed by atoms with Gasteiger partial charge in [0, 0.05) is 22.6 Å². The van der Waals surface area contributed by atoms with Gasteiger partial charge in [0.15, 0.2) is 4.80 Å². The number of nitrogens with zero attached hydrogens (tertiary/aromatic N) is 3. The zero-order valence-corrected chi connectivity index (χ0v) is 22.5. The number of thiazole rings is 1. The van der Waals surface area contributed by atoms with E-state index in [-0.39, 0.29) is 17.4 Å². The Morgan fingerprint density at radius 3 is 2.49 bits per heavy atom. The highest BCUT2D eigenvalue weighted by Crippen LogP contribution is 2.41. The van der Waals surface area contributed by atoms with Crippen molar-refractivity contribution < 1.29 is 4.39 Å². The number of fused-ring (bicyclic) bond motifs is 3. The average molecular weight is 532 g/mol. The van der Waals surface area contributed by atoms with Crippen LogP contribution in [0, 0.1) is 19.7 Å². The molecule has 0 saturated heterocycles. The van der Waals surface area contributed by atoms with E-state index in [0.29, 0.717) is 4.53 Å². The summed E-state index contributed by atoms with van der Waals surface area (Å²) in [6.45, 7) is 4.05. The van der Waals surface area contributed by atoms with Crippen molar-refractivity contribution in [3.05, 3.63) is 150 Å². The molecule has 7 rings (SSSR count). The molecule has 1 unspecified atom stereocenters. The topological polar surface area (TPSA) is 39.3 Å². The summed E-state index contributed by atoms with van der Waals surface area (Å²) in [7, 11) is 0. The van der Waals surface area contributed by atoms with Gasteiger partial charge in [0.05, 0.1) is 16.3 Å². The number of hydrogen-bond donors (Lipinski definition) is 0. The highest BCUT2D eigenvalue weighted by Gasteiger charge is 2.32. The third-order valence-corrected chi connectivity index (χ3v) is 8.81. The maximum Gasteiger partial charge on any atom is 0.271 e. The van der Waals surface area contributed by atoms with E-state index < -0.39 is 0 Å². The van der Waals surface area contributed by atoms with Crippen LogP contribution < -0.4 is 14.9 Å². The first-order valence-electron chi connectivity index (χ1n) is 13.1. The van der Waals surface area contributed by atoms with Crippen LogP contribution in [-0.2, 0) is 6.42 Å². The second-order valence-corrected chi connectivity index (χ2v) is 11.2. The van der Waals surface area contributed by atoms with Crippen LogP contribution in [0.25, 0.3) is 17.5 Å². The number of aryl methyl sites for hydroxylation is 2. The SMILES string of the molecule is Cc1cc(/C=c2\sc3n(c2=O)C(c2ccccc2)C2=C(N=3)c3ccccc3CC2)c(C)n1-c1ccc(F)cc1. The molecule has 192 valence electrons. The predicted octanol–water partition coefficient (Wildman–Crippen LogP) is 5.87. The third-order valence-electron chi connectivity index (χ3n) is 7.83. The number of aromatic nitrogens is 2. The third kappa shape index (κ3) is 3.86. The summed E-state index contributed by atoms with van der Waals surface area (Å²) in [4.78, 5) is 19.9. The van der Waals surface area contributed by atoms with E-state index in [1.807, 2.05) is 42.7 Å². The van der Waals surface area contributed by atoms with E-state index in [0.717, 1.165) is 51.5 Å². The first-order chi connectivity index (χ1) is 19.0. The highest BCUT2D eigenvalue weighted by atomic mass is 32.1. The molecule has 3 aromatic carbocycles. The minimum atomic E-state index is -0.263. The van der Waals surface area contributed by atoms with Crippen LogP contribution in [0.3, 0.4) is 0 Å². The Labute approximate surface area is 229 Å². The number of benzene rings is 3. The normalized spacial score (nSPS) is 16.5. The van der Waals surface area contributed by atoms with Crippen molar-refractivity contribution in [1.82, 2.24) is 9.13 Å². The van der Waals surface area contributed by atoms with Crippen molar-refractivity contribution in [2.24, 2.45) is 4.99 Å². The fourth-order valence-electron chi connectivity index (χ4n) is 6.02. The van der Waals surface area contributed by atoms with Crippen LogP contribution in [0.2, 0.25) is 0 Å². The molecule has 0 spiro atoms. The molecule has 2 aromatic heterocycles. The van der Waals surface area contributed by atoms with Gasteiger partial charge < -0.3 is 4.57 Å². The van der Waals surface area contributed by atoms with Gasteiger partial charge in [-0.05, 0) is 85.4 Å². The van der Waals surface area contributed by atoms with Crippen LogP contribution >= 0.6 is 11.3 Å². The average Bonchev–Trinajstić information content (AvgIpc) is 3.42. The lowest BCUT2D eigenvalue weighted by atomic mass is 9.83. The maximum absolute atomic E-state index is 14.0. The molecule has 0 amide bonds. The first-order valence-corrected chi connectivity index (χ1v) is 13.9. The van der Waals surface area contributed by atoms with Gasteiger partial charge in [-0.2, -0.15) is 0 Å². The summed E-state index contributed by atoms with van der Waals surface area (Å²) in [5, 5.41) is 0. The van der Waals surface area contributed by atoms with Gasteiger partial charge in [0.2, 0.25) is 0 Å². The molecule has 5 aromatic rings. The monoisotopic (exact) mass is 531 g/mol. The van der Waals surface area contributed by atoms with Crippen LogP contribution in [0.1, 0.15) is 46.1 Å². The fourth-order valence-corrected chi connectivity index (χ4v) is 7.01. The molecule has 3 heterocycles. The number of rotatable bonds is 3. The number of halogens is 1. The van der Waals surface area contributed by atoms with E-state index >= 15 is 0 Å². The van der Waals surface area contributed by atoms with Crippen molar-refractivity contribution in [3.8, 4) is 5.69 Å². The van der Waals surface area contributed by atoms with E-state index in [9.17, 15) is 9.18 Å². The van der Waals surface area contributed by atoms with Gasteiger partial charge in [-0.3, -0.25) is 9.36 Å². The molecule has 0 radical (unpaired) electrons. The Hall–Kier alpha value is -4.29. The van der Waals surface area contributed by atoms with Crippen molar-refractivity contribution in [2.45, 2.75) is 32.7 Å². The summed E-state index contributed by atoms with van der Waals surface area (Å²) in [6, 6.07) is 27.1. The summed E-state index contributed by atoms with van der Waals surface area (Å²) in [6.07, 6.45) is 3.79. The van der Waals surface area contributed by atoms with Crippen LogP contribution in [0.5, 0.6) is 0 Å². The van der Waals surface area contributed by atoms with Crippen molar-refractivity contribution in [3.63, 3.8) is 0 Å². The van der Waals surface area contributed by atoms with Crippen LogP contribution in [0.15, 0.2) is 100 Å². The molecular formula is C33H26FN3OS. The Kier molecular flexibility index (Phi) is 5.60. The quantitative estimate of drug-likeness (QED) is 0.287. The minimum absolute atomic E-state index is 0.0235. The van der Waals surface area contributed by atoms with Gasteiger partial charge in [0.25, 0.3) is 5.56 Å². The second kappa shape index (κ2) is 9.17. The van der Waals surface area contributed by atoms with E-state index in [2.05, 4.69) is 47.0 Å². The standard InChI is InChI=1S/C33H26FN3OS/c1-20-18-24(21(2)36(20)26-15-13-25(34)14-16-26)19-29-32(38)37-31(23-9-4-3-5-10-23)28-17-12-22-8-6-7-11-27(22)30(28)35-33(37)39-29/h3-11,13-16,18-19,31H,12,17H2,1-2H3/b29-19-. The van der Waals surface area contributed by atoms with Crippen molar-refractivity contribution in [1.29, 1.82) is 0 Å². The molecule has 4 nitrogen and oxygen atoms in total. The molecule has 1 aliphatic heterocycles. The number of hydrogen-bond acceptors (Lipinski definition) is 3. The van der Waals surface area contributed by atoms with Gasteiger partial charge in [0.1, 0.15) is 5.82 Å². The molecule has 0 N–H and O–H groups in total. The van der Waals surface area contributed by atoms with E-state index in [1.54, 1.807) is 12.1 Å². The van der Waals surface area contributed by atoms with E-state index in [4.69, 9.17) is 4.99 Å². The summed E-state index contributed by atoms with van der Waals surface area (Å²) < 4.78 is 18.2. The molecule has 39 heavy (non-hydrogen) atoms.